The van der Waals surface area contributed by atoms with Gasteiger partial charge >= 0.3 is 6.18 Å². The summed E-state index contributed by atoms with van der Waals surface area (Å²) in [6.45, 7) is 0. The molecule has 22 heavy (non-hydrogen) atoms. The van der Waals surface area contributed by atoms with Gasteiger partial charge in [0, 0.05) is 18.3 Å². The van der Waals surface area contributed by atoms with Crippen molar-refractivity contribution in [1.29, 1.82) is 0 Å². The lowest BCUT2D eigenvalue weighted by atomic mass is 10.1. The van der Waals surface area contributed by atoms with E-state index in [-0.39, 0.29) is 0 Å². The molecule has 0 spiro atoms. The summed E-state index contributed by atoms with van der Waals surface area (Å²) in [4.78, 5) is 0. The van der Waals surface area contributed by atoms with Gasteiger partial charge < -0.3 is 0 Å². The first-order valence-electron chi connectivity index (χ1n) is 6.42. The van der Waals surface area contributed by atoms with Gasteiger partial charge in [0.2, 0.25) is 10.0 Å². The topological polar surface area (TPSA) is 74.8 Å². The van der Waals surface area contributed by atoms with Crippen LogP contribution in [0.15, 0.2) is 36.5 Å². The van der Waals surface area contributed by atoms with E-state index < -0.39 is 34.8 Å². The molecule has 120 valence electrons. The number of alkyl halides is 3. The molecule has 0 aliphatic carbocycles. The van der Waals surface area contributed by atoms with Gasteiger partial charge in [-0.1, -0.05) is 12.1 Å². The fraction of sp³-hybridized carbons (Fsp3) is 0.308. The highest BCUT2D eigenvalue weighted by molar-refractivity contribution is 7.92. The van der Waals surface area contributed by atoms with Crippen LogP contribution in [0.4, 0.5) is 18.9 Å². The lowest BCUT2D eigenvalue weighted by molar-refractivity contribution is -0.134. The molecule has 0 saturated heterocycles. The highest BCUT2D eigenvalue weighted by Gasteiger charge is 2.27. The normalized spacial score (nSPS) is 12.3. The highest BCUT2D eigenvalue weighted by Crippen LogP contribution is 2.22. The first-order valence-corrected chi connectivity index (χ1v) is 8.07. The maximum atomic E-state index is 12.0. The van der Waals surface area contributed by atoms with Crippen molar-refractivity contribution in [2.45, 2.75) is 19.0 Å². The minimum absolute atomic E-state index is 0.301. The molecular weight excluding hydrogens is 319 g/mol. The third-order valence-corrected chi connectivity index (χ3v) is 4.22. The maximum absolute atomic E-state index is 12.0. The van der Waals surface area contributed by atoms with Gasteiger partial charge in [-0.05, 0) is 30.2 Å². The van der Waals surface area contributed by atoms with Crippen molar-refractivity contribution in [3.8, 4) is 11.3 Å². The van der Waals surface area contributed by atoms with E-state index in [2.05, 4.69) is 14.9 Å². The van der Waals surface area contributed by atoms with Crippen molar-refractivity contribution in [2.24, 2.45) is 0 Å². The Morgan fingerprint density at radius 2 is 1.82 bits per heavy atom. The number of aromatic nitrogens is 2. The molecule has 0 aliphatic rings. The second-order valence-corrected chi connectivity index (χ2v) is 6.53. The molecule has 0 aliphatic heterocycles. The summed E-state index contributed by atoms with van der Waals surface area (Å²) >= 11 is 0. The number of rotatable bonds is 6. The van der Waals surface area contributed by atoms with Crippen molar-refractivity contribution in [2.75, 3.05) is 10.5 Å². The number of hydrogen-bond acceptors (Lipinski definition) is 3. The predicted octanol–water partition coefficient (Wildman–Crippen LogP) is 3.16. The van der Waals surface area contributed by atoms with E-state index in [4.69, 9.17) is 0 Å². The van der Waals surface area contributed by atoms with Gasteiger partial charge in [0.1, 0.15) is 0 Å². The van der Waals surface area contributed by atoms with Crippen molar-refractivity contribution in [3.63, 3.8) is 0 Å². The van der Waals surface area contributed by atoms with Crippen molar-refractivity contribution < 1.29 is 21.6 Å². The van der Waals surface area contributed by atoms with Gasteiger partial charge in [-0.15, -0.1) is 0 Å². The Labute approximate surface area is 125 Å². The molecule has 0 bridgehead atoms. The summed E-state index contributed by atoms with van der Waals surface area (Å²) in [5, 5.41) is 6.57. The third-order valence-electron chi connectivity index (χ3n) is 2.84. The van der Waals surface area contributed by atoms with Crippen LogP contribution in [-0.4, -0.2) is 30.5 Å². The van der Waals surface area contributed by atoms with Crippen LogP contribution in [-0.2, 0) is 10.0 Å². The molecule has 0 unspecified atom stereocenters. The Balaban J connectivity index is 1.95. The molecule has 2 rings (SSSR count). The van der Waals surface area contributed by atoms with E-state index in [1.54, 1.807) is 24.4 Å². The highest BCUT2D eigenvalue weighted by atomic mass is 32.2. The maximum Gasteiger partial charge on any atom is 0.389 e. The number of nitrogens with zero attached hydrogens (tertiary/aromatic N) is 1. The Morgan fingerprint density at radius 1 is 1.14 bits per heavy atom. The average molecular weight is 333 g/mol. The van der Waals surface area contributed by atoms with Crippen LogP contribution in [0.3, 0.4) is 0 Å². The first-order chi connectivity index (χ1) is 10.3. The van der Waals surface area contributed by atoms with E-state index in [1.165, 1.54) is 12.1 Å². The van der Waals surface area contributed by atoms with Crippen LogP contribution in [0.5, 0.6) is 0 Å². The van der Waals surface area contributed by atoms with Gasteiger partial charge in [-0.25, -0.2) is 8.42 Å². The number of halogens is 3. The standard InChI is InChI=1S/C13H14F3N3O2S/c14-13(15,16)7-1-9-22(20,21)19-11-4-2-10(3-5-11)12-6-8-17-18-12/h2-6,8,19H,1,7,9H2,(H,17,18). The largest absolute Gasteiger partial charge is 0.389 e. The molecule has 2 aromatic rings. The van der Waals surface area contributed by atoms with Crippen LogP contribution in [0.2, 0.25) is 0 Å². The molecule has 0 amide bonds. The van der Waals surface area contributed by atoms with Crippen molar-refractivity contribution in [1.82, 2.24) is 10.2 Å². The van der Waals surface area contributed by atoms with E-state index in [1.807, 2.05) is 0 Å². The minimum atomic E-state index is -4.35. The summed E-state index contributed by atoms with van der Waals surface area (Å²) in [5.41, 5.74) is 1.90. The zero-order valence-electron chi connectivity index (χ0n) is 11.4. The van der Waals surface area contributed by atoms with Gasteiger partial charge in [0.05, 0.1) is 11.4 Å². The van der Waals surface area contributed by atoms with Crippen molar-refractivity contribution in [3.05, 3.63) is 36.5 Å². The van der Waals surface area contributed by atoms with Crippen molar-refractivity contribution >= 4 is 15.7 Å². The molecular formula is C13H14F3N3O2S. The van der Waals surface area contributed by atoms with Crippen LogP contribution >= 0.6 is 0 Å². The lowest BCUT2D eigenvalue weighted by Gasteiger charge is -2.09. The predicted molar refractivity (Wildman–Crippen MR) is 76.7 cm³/mol. The molecule has 2 N–H and O–H groups in total. The Kier molecular flexibility index (Phi) is 4.74. The second kappa shape index (κ2) is 6.39. The van der Waals surface area contributed by atoms with Crippen LogP contribution < -0.4 is 4.72 Å². The van der Waals surface area contributed by atoms with E-state index in [0.717, 1.165) is 11.3 Å². The molecule has 1 aromatic carbocycles. The molecule has 5 nitrogen and oxygen atoms in total. The van der Waals surface area contributed by atoms with Gasteiger partial charge in [-0.3, -0.25) is 9.82 Å². The summed E-state index contributed by atoms with van der Waals surface area (Å²) < 4.78 is 61.7. The minimum Gasteiger partial charge on any atom is -0.284 e. The van der Waals surface area contributed by atoms with E-state index in [0.29, 0.717) is 5.69 Å². The number of hydrogen-bond donors (Lipinski definition) is 2. The summed E-state index contributed by atoms with van der Waals surface area (Å²) in [5.74, 6) is -0.575. The molecule has 9 heteroatoms. The molecule has 1 heterocycles. The van der Waals surface area contributed by atoms with Gasteiger partial charge in [0.25, 0.3) is 0 Å². The molecule has 0 fully saturated rings. The average Bonchev–Trinajstić information content (AvgIpc) is 2.91. The van der Waals surface area contributed by atoms with Crippen LogP contribution in [0, 0.1) is 0 Å². The molecule has 0 saturated carbocycles. The zero-order chi connectivity index (χ0) is 16.2. The Morgan fingerprint density at radius 3 is 2.36 bits per heavy atom. The number of benzene rings is 1. The number of anilines is 1. The monoisotopic (exact) mass is 333 g/mol. The fourth-order valence-electron chi connectivity index (χ4n) is 1.83. The van der Waals surface area contributed by atoms with Crippen LogP contribution in [0.1, 0.15) is 12.8 Å². The SMILES string of the molecule is O=S(=O)(CCCC(F)(F)F)Nc1ccc(-c2ccn[nH]2)cc1. The third kappa shape index (κ3) is 5.06. The van der Waals surface area contributed by atoms with Gasteiger partial charge in [0.15, 0.2) is 0 Å². The summed E-state index contributed by atoms with van der Waals surface area (Å²) in [7, 11) is -3.79. The summed E-state index contributed by atoms with van der Waals surface area (Å²) in [6.07, 6.45) is -4.34. The number of H-pyrrole nitrogens is 1. The molecule has 0 radical (unpaired) electrons. The smallest absolute Gasteiger partial charge is 0.284 e. The lowest BCUT2D eigenvalue weighted by Crippen LogP contribution is -2.18. The number of aromatic amines is 1. The Hall–Kier alpha value is -2.03. The molecule has 1 aromatic heterocycles. The first kappa shape index (κ1) is 16.3. The van der Waals surface area contributed by atoms with Crippen LogP contribution in [0.25, 0.3) is 11.3 Å². The second-order valence-electron chi connectivity index (χ2n) is 4.69. The Bertz CT molecular complexity index is 695. The number of nitrogens with one attached hydrogen (secondary N) is 2. The van der Waals surface area contributed by atoms with E-state index >= 15 is 0 Å². The zero-order valence-corrected chi connectivity index (χ0v) is 12.2. The van der Waals surface area contributed by atoms with E-state index in [9.17, 15) is 21.6 Å². The molecule has 0 atom stereocenters. The quantitative estimate of drug-likeness (QED) is 0.853. The summed E-state index contributed by atoms with van der Waals surface area (Å²) in [6, 6.07) is 8.20. The fourth-order valence-corrected chi connectivity index (χ4v) is 2.95. The number of sulfonamides is 1. The van der Waals surface area contributed by atoms with Gasteiger partial charge in [-0.2, -0.15) is 18.3 Å².